The largest absolute Gasteiger partial charge is 0.377 e. The molecule has 37 heteroatoms. The van der Waals surface area contributed by atoms with E-state index in [1.165, 1.54) is 66.4 Å². The standard InChI is InChI=1S/C110H133N23O14/c1-71(127(11)101(136)21-16-15-17-49-132-66-89(119-121-132)69-146-58-56-145-55-53-126(10)110(143)82-36-30-79(31-37-82)103-116-94-45-41-86(63-98(94)118-103)83-38-42-91-87(60-83)64-95(113-91)75-22-32-80(33-23-75)104(137)112-46-51-124(7)8)105(138)128(12)72(2)106(139)129(13)73(3)107(140)130(14)74(4)108(141)131(68-100(111)135)48-19-50-133-67-90(120-122-133)70-147-59-57-144-54-52-125(9)109(142)81-34-24-76(25-35-81)96-65-88-61-84(39-43-92(88)114-96)85-40-44-93-97(62-85)117-102(115-93)78-28-26-77(27-29-78)99(134)20-18-47-123(5)6/h22-45,60-63,66-67,71-74H,15-21,46-59,64-65,68-70H2,1-14H3,(H2,111,135)(H,112,137)(H,115,117)(H,116,118)/t71-,72-,73-,74-/m0/s1. The van der Waals surface area contributed by atoms with Crippen LogP contribution >= 0.6 is 0 Å². The molecule has 0 spiro atoms. The number of aromatic nitrogens is 10. The summed E-state index contributed by atoms with van der Waals surface area (Å²) in [6, 6.07) is 51.0. The first-order valence-electron chi connectivity index (χ1n) is 49.9. The van der Waals surface area contributed by atoms with Crippen LogP contribution in [0.15, 0.2) is 192 Å². The lowest BCUT2D eigenvalue weighted by molar-refractivity contribution is -0.153. The van der Waals surface area contributed by atoms with Crippen LogP contribution in [-0.4, -0.2) is 344 Å². The number of benzene rings is 8. The molecule has 0 saturated carbocycles. The van der Waals surface area contributed by atoms with E-state index in [2.05, 4.69) is 95.4 Å². The molecule has 0 aliphatic carbocycles. The van der Waals surface area contributed by atoms with Crippen LogP contribution in [0.1, 0.15) is 148 Å². The number of rotatable bonds is 53. The zero-order chi connectivity index (χ0) is 105. The number of hydrogen-bond donors (Lipinski definition) is 4. The van der Waals surface area contributed by atoms with Gasteiger partial charge in [-0.3, -0.25) is 67.3 Å². The summed E-state index contributed by atoms with van der Waals surface area (Å²) in [5.41, 5.74) is 26.5. The highest BCUT2D eigenvalue weighted by Gasteiger charge is 2.37. The van der Waals surface area contributed by atoms with Gasteiger partial charge in [-0.15, -0.1) is 10.2 Å². The summed E-state index contributed by atoms with van der Waals surface area (Å²) in [6.45, 7) is 11.7. The number of primary amides is 1. The third kappa shape index (κ3) is 28.4. The van der Waals surface area contributed by atoms with Crippen molar-refractivity contribution in [3.8, 4) is 45.0 Å². The van der Waals surface area contributed by atoms with Gasteiger partial charge in [0.25, 0.3) is 17.7 Å². The van der Waals surface area contributed by atoms with E-state index in [4.69, 9.17) is 44.6 Å². The Bertz CT molecular complexity index is 6730. The first kappa shape index (κ1) is 108. The minimum Gasteiger partial charge on any atom is -0.377 e. The highest BCUT2D eigenvalue weighted by atomic mass is 16.5. The lowest BCUT2D eigenvalue weighted by atomic mass is 9.98. The average molecular weight is 2000 g/mol. The number of aryl methyl sites for hydroxylation is 2. The quantitative estimate of drug-likeness (QED) is 0.0203. The van der Waals surface area contributed by atoms with Crippen LogP contribution in [0.25, 0.3) is 67.1 Å². The Kier molecular flexibility index (Phi) is 37.1. The molecule has 4 aromatic heterocycles. The number of H-pyrrole nitrogens is 2. The number of aliphatic imine (C=N–C) groups is 2. The second-order valence-corrected chi connectivity index (χ2v) is 38.2. The van der Waals surface area contributed by atoms with Crippen LogP contribution in [0.5, 0.6) is 0 Å². The molecular weight excluding hydrogens is 1870 g/mol. The van der Waals surface area contributed by atoms with Crippen molar-refractivity contribution in [3.63, 3.8) is 0 Å². The third-order valence-electron chi connectivity index (χ3n) is 26.9. The van der Waals surface area contributed by atoms with Crippen LogP contribution in [0.2, 0.25) is 0 Å². The van der Waals surface area contributed by atoms with Crippen molar-refractivity contribution in [2.75, 3.05) is 156 Å². The topological polar surface area (TPSA) is 418 Å². The number of carbonyl (C=O) groups excluding carboxylic acids is 10. The smallest absolute Gasteiger partial charge is 0.253 e. The van der Waals surface area contributed by atoms with E-state index in [9.17, 15) is 47.9 Å². The van der Waals surface area contributed by atoms with Gasteiger partial charge in [-0.1, -0.05) is 102 Å². The number of amides is 9. The van der Waals surface area contributed by atoms with Crippen molar-refractivity contribution in [2.45, 2.75) is 136 Å². The Morgan fingerprint density at radius 1 is 0.401 bits per heavy atom. The Balaban J connectivity index is 0.422. The molecule has 6 heterocycles. The number of unbranched alkanes of at least 4 members (excludes halogenated alkanes) is 2. The second-order valence-electron chi connectivity index (χ2n) is 38.2. The number of ketones is 1. The normalized spacial score (nSPS) is 13.0. The summed E-state index contributed by atoms with van der Waals surface area (Å²) in [5, 5.41) is 19.8. The number of nitrogens with zero attached hydrogens (tertiary/aromatic N) is 19. The van der Waals surface area contributed by atoms with Crippen LogP contribution in [0, 0.1) is 0 Å². The van der Waals surface area contributed by atoms with Gasteiger partial charge < -0.3 is 84.1 Å². The number of likely N-dealkylation sites (N-methyl/N-ethyl adjacent to an activating group) is 7. The Morgan fingerprint density at radius 3 is 1.27 bits per heavy atom. The van der Waals surface area contributed by atoms with Crippen molar-refractivity contribution >= 4 is 104 Å². The fraction of sp³-hybridized carbons (Fsp3) is 0.400. The van der Waals surface area contributed by atoms with Crippen LogP contribution < -0.4 is 11.1 Å². The minimum absolute atomic E-state index is 0.0813. The second kappa shape index (κ2) is 50.7. The summed E-state index contributed by atoms with van der Waals surface area (Å²) in [7, 11) is 17.3. The van der Waals surface area contributed by atoms with Gasteiger partial charge in [-0.05, 0) is 218 Å². The molecule has 0 saturated heterocycles. The summed E-state index contributed by atoms with van der Waals surface area (Å²) in [5.74, 6) is -1.99. The summed E-state index contributed by atoms with van der Waals surface area (Å²) in [6.07, 6.45) is 8.65. The average Bonchev–Trinajstić information content (AvgIpc) is 1.64. The number of carbonyl (C=O) groups is 10. The van der Waals surface area contributed by atoms with E-state index >= 15 is 0 Å². The molecule has 772 valence electrons. The van der Waals surface area contributed by atoms with Crippen molar-refractivity contribution in [3.05, 3.63) is 238 Å². The molecule has 5 N–H and O–H groups in total. The highest BCUT2D eigenvalue weighted by Crippen LogP contribution is 2.38. The first-order valence-corrected chi connectivity index (χ1v) is 49.9. The van der Waals surface area contributed by atoms with Crippen molar-refractivity contribution < 1.29 is 66.9 Å². The van der Waals surface area contributed by atoms with Crippen molar-refractivity contribution in [2.24, 2.45) is 15.7 Å². The summed E-state index contributed by atoms with van der Waals surface area (Å²) >= 11 is 0. The van der Waals surface area contributed by atoms with Gasteiger partial charge in [0.05, 0.1) is 117 Å². The lowest BCUT2D eigenvalue weighted by Crippen LogP contribution is -2.57. The number of ether oxygens (including phenoxy) is 4. The number of Topliss-reactive ketones (excluding diaryl/α,β-unsaturated/α-hetero) is 1. The molecule has 0 fully saturated rings. The molecule has 37 nitrogen and oxygen atoms in total. The predicted octanol–water partition coefficient (Wildman–Crippen LogP) is 11.4. The number of fused-ring (bicyclic) bond motifs is 4. The van der Waals surface area contributed by atoms with Crippen LogP contribution in [-0.2, 0) is 86.9 Å². The highest BCUT2D eigenvalue weighted by molar-refractivity contribution is 6.09. The van der Waals surface area contributed by atoms with Crippen LogP contribution in [0.3, 0.4) is 0 Å². The van der Waals surface area contributed by atoms with Crippen LogP contribution in [0.4, 0.5) is 11.4 Å². The maximum absolute atomic E-state index is 14.0. The maximum atomic E-state index is 14.0. The fourth-order valence-corrected chi connectivity index (χ4v) is 17.4. The molecule has 8 aromatic carbocycles. The zero-order valence-electron chi connectivity index (χ0n) is 86.3. The van der Waals surface area contributed by atoms with E-state index in [1.807, 2.05) is 142 Å². The van der Waals surface area contributed by atoms with Gasteiger partial charge in [0.1, 0.15) is 47.2 Å². The maximum Gasteiger partial charge on any atom is 0.253 e. The van der Waals surface area contributed by atoms with Gasteiger partial charge >= 0.3 is 0 Å². The molecule has 2 aliphatic heterocycles. The van der Waals surface area contributed by atoms with Gasteiger partial charge in [0.15, 0.2) is 5.78 Å². The molecule has 147 heavy (non-hydrogen) atoms. The monoisotopic (exact) mass is 2000 g/mol. The molecule has 12 aromatic rings. The fourth-order valence-electron chi connectivity index (χ4n) is 17.4. The van der Waals surface area contributed by atoms with Gasteiger partial charge in [-0.25, -0.2) is 9.97 Å². The number of aromatic amines is 2. The van der Waals surface area contributed by atoms with Gasteiger partial charge in [0.2, 0.25) is 35.4 Å². The number of nitrogens with two attached hydrogens (primary N) is 1. The molecule has 0 unspecified atom stereocenters. The molecule has 4 atom stereocenters. The van der Waals surface area contributed by atoms with Crippen molar-refractivity contribution in [1.82, 2.24) is 99.3 Å². The molecule has 0 bridgehead atoms. The lowest BCUT2D eigenvalue weighted by Gasteiger charge is -2.36. The molecule has 14 rings (SSSR count). The Labute approximate surface area is 856 Å². The van der Waals surface area contributed by atoms with Gasteiger partial charge in [0, 0.05) is 147 Å². The molecule has 0 radical (unpaired) electrons. The Morgan fingerprint density at radius 2 is 0.810 bits per heavy atom. The van der Waals surface area contributed by atoms with Crippen molar-refractivity contribution in [1.29, 1.82) is 0 Å². The molecule has 2 aliphatic rings. The van der Waals surface area contributed by atoms with E-state index in [1.54, 1.807) is 65.6 Å². The summed E-state index contributed by atoms with van der Waals surface area (Å²) < 4.78 is 26.6. The van der Waals surface area contributed by atoms with E-state index < -0.39 is 60.2 Å². The summed E-state index contributed by atoms with van der Waals surface area (Å²) in [4.78, 5) is 174. The SMILES string of the molecule is C[C@@H](C(=O)N(C)[C@@H](C)C(=O)N(C)[C@@H](C)C(=O)N(C)[C@@H](C)C(=O)N(CCCn1cc(COCCOCCN(C)C(=O)c2ccc(C3=Nc4ccc(-c5ccc6nc(-c7ccc(C(=O)CCCN(C)C)cc7)[nH]c6c5)cc4C3)cc2)nn1)CC(N)=O)N(C)C(=O)CCCCCn1cc(COCCOCCN(C)C(=O)c2ccc(-c3nc4ccc(-c5ccc6c(c5)CC(c5ccc(C(=O)NCCN(C)C)cc5)=N6)cc4[nH]3)cc2)nn1. The molecule has 9 amide bonds. The number of imidazole rings is 2. The number of hydrogen-bond acceptors (Lipinski definition) is 24. The van der Waals surface area contributed by atoms with E-state index in [-0.39, 0.29) is 75.4 Å². The zero-order valence-corrected chi connectivity index (χ0v) is 86.3. The minimum atomic E-state index is -1.09. The van der Waals surface area contributed by atoms with E-state index in [0.29, 0.717) is 137 Å². The first-order chi connectivity index (χ1) is 70.7. The van der Waals surface area contributed by atoms with E-state index in [0.717, 1.165) is 126 Å². The number of nitrogens with one attached hydrogen (secondary N) is 3. The predicted molar refractivity (Wildman–Crippen MR) is 562 cm³/mol. The Hall–Kier alpha value is -15.0. The molecular formula is C110H133N23O14. The van der Waals surface area contributed by atoms with Gasteiger partial charge in [-0.2, -0.15) is 0 Å². The third-order valence-corrected chi connectivity index (χ3v) is 26.9.